The summed E-state index contributed by atoms with van der Waals surface area (Å²) in [5.41, 5.74) is 5.05. The Kier molecular flexibility index (Phi) is 6.72. The predicted molar refractivity (Wildman–Crippen MR) is 151 cm³/mol. The third-order valence-corrected chi connectivity index (χ3v) is 6.19. The van der Waals surface area contributed by atoms with E-state index >= 15 is 0 Å². The first-order valence-corrected chi connectivity index (χ1v) is 12.1. The highest BCUT2D eigenvalue weighted by atomic mass is 16.5. The molecular weight excluding hydrogens is 496 g/mol. The van der Waals surface area contributed by atoms with E-state index in [2.05, 4.69) is 32.4 Å². The molecule has 0 aliphatic carbocycles. The number of aryl methyl sites for hydroxylation is 2. The van der Waals surface area contributed by atoms with Gasteiger partial charge < -0.3 is 29.3 Å². The number of benzene rings is 2. The van der Waals surface area contributed by atoms with E-state index in [1.807, 2.05) is 67.1 Å². The normalized spacial score (nSPS) is 10.9. The summed E-state index contributed by atoms with van der Waals surface area (Å²) in [6, 6.07) is 11.7. The Balaban J connectivity index is 1.65. The summed E-state index contributed by atoms with van der Waals surface area (Å²) < 4.78 is 13.4. The van der Waals surface area contributed by atoms with Gasteiger partial charge >= 0.3 is 0 Å². The highest BCUT2D eigenvalue weighted by Crippen LogP contribution is 2.39. The van der Waals surface area contributed by atoms with Crippen LogP contribution in [0.4, 0.5) is 23.0 Å². The first-order chi connectivity index (χ1) is 18.8. The molecule has 0 atom stereocenters. The standard InChI is InChI=1S/C28H28N8O3/c1-7-25(37)30-20-12-21(24(38-6)13-23(20)35(3)4)31-28-29-14-18(27-34-33-16(2)39-27)26(32-28)19-15-36(5)22-11-9-8-10-17(19)22/h7-15H,1H2,2-6H3,(H,30,37)(H,29,31,32). The molecule has 0 fully saturated rings. The molecule has 0 spiro atoms. The van der Waals surface area contributed by atoms with Gasteiger partial charge in [-0.25, -0.2) is 9.97 Å². The van der Waals surface area contributed by atoms with Crippen LogP contribution in [0.25, 0.3) is 33.6 Å². The molecule has 5 rings (SSSR count). The van der Waals surface area contributed by atoms with Crippen molar-refractivity contribution in [3.63, 3.8) is 0 Å². The lowest BCUT2D eigenvalue weighted by Crippen LogP contribution is -2.15. The molecule has 3 aromatic heterocycles. The Morgan fingerprint density at radius 1 is 1.15 bits per heavy atom. The maximum absolute atomic E-state index is 12.1. The van der Waals surface area contributed by atoms with Crippen molar-refractivity contribution < 1.29 is 13.9 Å². The van der Waals surface area contributed by atoms with Gasteiger partial charge in [-0.3, -0.25) is 4.79 Å². The Bertz CT molecular complexity index is 1700. The Morgan fingerprint density at radius 3 is 2.64 bits per heavy atom. The monoisotopic (exact) mass is 524 g/mol. The fourth-order valence-corrected chi connectivity index (χ4v) is 4.35. The fourth-order valence-electron chi connectivity index (χ4n) is 4.35. The quantitative estimate of drug-likeness (QED) is 0.272. The maximum atomic E-state index is 12.1. The third-order valence-electron chi connectivity index (χ3n) is 6.19. The molecular formula is C28H28N8O3. The summed E-state index contributed by atoms with van der Waals surface area (Å²) >= 11 is 0. The summed E-state index contributed by atoms with van der Waals surface area (Å²) in [6.45, 7) is 5.28. The molecule has 3 heterocycles. The van der Waals surface area contributed by atoms with Crippen LogP contribution in [-0.4, -0.2) is 51.8 Å². The molecule has 0 aliphatic heterocycles. The van der Waals surface area contributed by atoms with Crippen molar-refractivity contribution in [1.29, 1.82) is 0 Å². The van der Waals surface area contributed by atoms with Crippen LogP contribution in [0.15, 0.2) is 65.9 Å². The van der Waals surface area contributed by atoms with Crippen LogP contribution in [-0.2, 0) is 11.8 Å². The number of amides is 1. The second-order valence-electron chi connectivity index (χ2n) is 9.04. The number of fused-ring (bicyclic) bond motifs is 1. The van der Waals surface area contributed by atoms with E-state index in [1.165, 1.54) is 6.08 Å². The minimum atomic E-state index is -0.331. The number of aromatic nitrogens is 5. The van der Waals surface area contributed by atoms with Gasteiger partial charge in [0.05, 0.1) is 35.4 Å². The molecule has 11 heteroatoms. The predicted octanol–water partition coefficient (Wildman–Crippen LogP) is 4.94. The van der Waals surface area contributed by atoms with E-state index in [-0.39, 0.29) is 5.91 Å². The number of para-hydroxylation sites is 1. The molecule has 5 aromatic rings. The van der Waals surface area contributed by atoms with Crippen molar-refractivity contribution in [2.45, 2.75) is 6.92 Å². The number of hydrogen-bond donors (Lipinski definition) is 2. The zero-order valence-electron chi connectivity index (χ0n) is 22.3. The van der Waals surface area contributed by atoms with E-state index in [0.29, 0.717) is 46.1 Å². The van der Waals surface area contributed by atoms with Gasteiger partial charge in [0.25, 0.3) is 5.89 Å². The number of hydrogen-bond acceptors (Lipinski definition) is 9. The van der Waals surface area contributed by atoms with Crippen LogP contribution in [0.3, 0.4) is 0 Å². The number of nitrogens with one attached hydrogen (secondary N) is 2. The lowest BCUT2D eigenvalue weighted by molar-refractivity contribution is -0.111. The Hall–Kier alpha value is -5.19. The number of methoxy groups -OCH3 is 1. The minimum absolute atomic E-state index is 0.315. The van der Waals surface area contributed by atoms with Gasteiger partial charge in [0.1, 0.15) is 5.75 Å². The summed E-state index contributed by atoms with van der Waals surface area (Å²) in [7, 11) is 7.32. The van der Waals surface area contributed by atoms with Crippen molar-refractivity contribution in [1.82, 2.24) is 24.7 Å². The largest absolute Gasteiger partial charge is 0.494 e. The molecule has 0 saturated heterocycles. The second-order valence-corrected chi connectivity index (χ2v) is 9.04. The van der Waals surface area contributed by atoms with Crippen molar-refractivity contribution >= 4 is 39.8 Å². The van der Waals surface area contributed by atoms with Crippen molar-refractivity contribution in [2.24, 2.45) is 7.05 Å². The van der Waals surface area contributed by atoms with Gasteiger partial charge in [-0.15, -0.1) is 10.2 Å². The molecule has 2 N–H and O–H groups in total. The summed E-state index contributed by atoms with van der Waals surface area (Å²) in [5, 5.41) is 15.3. The average Bonchev–Trinajstić information content (AvgIpc) is 3.51. The van der Waals surface area contributed by atoms with Crippen molar-refractivity contribution in [3.8, 4) is 28.5 Å². The third kappa shape index (κ3) is 4.89. The average molecular weight is 525 g/mol. The molecule has 11 nitrogen and oxygen atoms in total. The van der Waals surface area contributed by atoms with Crippen molar-refractivity contribution in [3.05, 3.63) is 67.3 Å². The van der Waals surface area contributed by atoms with Gasteiger partial charge in [0.15, 0.2) is 0 Å². The van der Waals surface area contributed by atoms with Gasteiger partial charge in [-0.05, 0) is 18.2 Å². The van der Waals surface area contributed by atoms with E-state index in [1.54, 1.807) is 26.3 Å². The number of carbonyl (C=O) groups excluding carboxylic acids is 1. The van der Waals surface area contributed by atoms with E-state index in [4.69, 9.17) is 14.1 Å². The first kappa shape index (κ1) is 25.5. The lowest BCUT2D eigenvalue weighted by Gasteiger charge is -2.21. The molecule has 2 aromatic carbocycles. The molecule has 39 heavy (non-hydrogen) atoms. The number of ether oxygens (including phenoxy) is 1. The fraction of sp³-hybridized carbons (Fsp3) is 0.179. The Labute approximate surface area is 225 Å². The van der Waals surface area contributed by atoms with Crippen LogP contribution in [0.5, 0.6) is 5.75 Å². The summed E-state index contributed by atoms with van der Waals surface area (Å²) in [4.78, 5) is 23.4. The highest BCUT2D eigenvalue weighted by Gasteiger charge is 2.21. The second kappa shape index (κ2) is 10.3. The molecule has 198 valence electrons. The van der Waals surface area contributed by atoms with Crippen LogP contribution >= 0.6 is 0 Å². The zero-order chi connectivity index (χ0) is 27.7. The SMILES string of the molecule is C=CC(=O)Nc1cc(Nc2ncc(-c3nnc(C)o3)c(-c3cn(C)c4ccccc34)n2)c(OC)cc1N(C)C. The van der Waals surface area contributed by atoms with E-state index < -0.39 is 0 Å². The van der Waals surface area contributed by atoms with Crippen LogP contribution in [0.2, 0.25) is 0 Å². The zero-order valence-corrected chi connectivity index (χ0v) is 22.3. The van der Waals surface area contributed by atoms with Gasteiger partial charge in [0, 0.05) is 63.0 Å². The van der Waals surface area contributed by atoms with E-state index in [9.17, 15) is 4.79 Å². The minimum Gasteiger partial charge on any atom is -0.494 e. The number of carbonyl (C=O) groups is 1. The van der Waals surface area contributed by atoms with Crippen LogP contribution in [0, 0.1) is 6.92 Å². The van der Waals surface area contributed by atoms with Gasteiger partial charge in [-0.2, -0.15) is 0 Å². The first-order valence-electron chi connectivity index (χ1n) is 12.1. The molecule has 0 aliphatic rings. The molecule has 0 bridgehead atoms. The highest BCUT2D eigenvalue weighted by molar-refractivity contribution is 6.02. The van der Waals surface area contributed by atoms with Crippen molar-refractivity contribution in [2.75, 3.05) is 36.7 Å². The molecule has 1 amide bonds. The number of anilines is 4. The summed E-state index contributed by atoms with van der Waals surface area (Å²) in [5.74, 6) is 1.29. The molecule has 0 radical (unpaired) electrons. The Morgan fingerprint density at radius 2 is 1.95 bits per heavy atom. The van der Waals surface area contributed by atoms with E-state index in [0.717, 1.165) is 22.2 Å². The maximum Gasteiger partial charge on any atom is 0.251 e. The summed E-state index contributed by atoms with van der Waals surface area (Å²) in [6.07, 6.45) is 4.88. The number of nitrogens with zero attached hydrogens (tertiary/aromatic N) is 6. The van der Waals surface area contributed by atoms with Crippen LogP contribution in [0.1, 0.15) is 5.89 Å². The smallest absolute Gasteiger partial charge is 0.251 e. The lowest BCUT2D eigenvalue weighted by atomic mass is 10.1. The molecule has 0 unspecified atom stereocenters. The molecule has 0 saturated carbocycles. The van der Waals surface area contributed by atoms with Gasteiger partial charge in [0.2, 0.25) is 17.7 Å². The number of rotatable bonds is 8. The topological polar surface area (TPSA) is 123 Å². The van der Waals surface area contributed by atoms with Gasteiger partial charge in [-0.1, -0.05) is 24.8 Å². The van der Waals surface area contributed by atoms with Crippen LogP contribution < -0.4 is 20.3 Å².